The first kappa shape index (κ1) is 16.7. The van der Waals surface area contributed by atoms with Crippen molar-refractivity contribution in [2.45, 2.75) is 6.18 Å². The summed E-state index contributed by atoms with van der Waals surface area (Å²) in [4.78, 5) is 0. The number of benzene rings is 3. The van der Waals surface area contributed by atoms with Gasteiger partial charge in [-0.05, 0) is 54.6 Å². The van der Waals surface area contributed by atoms with Crippen LogP contribution in [-0.4, -0.2) is 5.11 Å². The number of rotatable bonds is 4. The Hall–Kier alpha value is -3.15. The minimum Gasteiger partial charge on any atom is -0.508 e. The van der Waals surface area contributed by atoms with Gasteiger partial charge < -0.3 is 14.6 Å². The van der Waals surface area contributed by atoms with Crippen LogP contribution in [0.4, 0.5) is 13.2 Å². The third-order valence-electron chi connectivity index (χ3n) is 3.27. The van der Waals surface area contributed by atoms with Gasteiger partial charge in [0.05, 0.1) is 5.56 Å². The van der Waals surface area contributed by atoms with E-state index >= 15 is 0 Å². The van der Waals surface area contributed by atoms with Crippen LogP contribution in [0, 0.1) is 0 Å². The van der Waals surface area contributed by atoms with E-state index in [1.807, 2.05) is 0 Å². The van der Waals surface area contributed by atoms with Gasteiger partial charge in [-0.1, -0.05) is 12.1 Å². The fourth-order valence-corrected chi connectivity index (χ4v) is 2.13. The highest BCUT2D eigenvalue weighted by molar-refractivity contribution is 5.40. The monoisotopic (exact) mass is 346 g/mol. The molecule has 25 heavy (non-hydrogen) atoms. The van der Waals surface area contributed by atoms with Gasteiger partial charge in [0, 0.05) is 6.07 Å². The average molecular weight is 346 g/mol. The standard InChI is InChI=1S/C19H13F3O3/c20-19(21,22)13-3-1-5-17(11-13)24-15-7-9-16(10-8-15)25-18-6-2-4-14(23)12-18/h1-12,23H. The summed E-state index contributed by atoms with van der Waals surface area (Å²) >= 11 is 0. The van der Waals surface area contributed by atoms with Gasteiger partial charge in [-0.25, -0.2) is 0 Å². The van der Waals surface area contributed by atoms with Crippen molar-refractivity contribution in [3.05, 3.63) is 78.4 Å². The second-order valence-electron chi connectivity index (χ2n) is 5.20. The van der Waals surface area contributed by atoms with Crippen molar-refractivity contribution in [2.75, 3.05) is 0 Å². The van der Waals surface area contributed by atoms with Crippen LogP contribution in [0.15, 0.2) is 72.8 Å². The molecule has 0 aliphatic rings. The van der Waals surface area contributed by atoms with Crippen LogP contribution in [0.2, 0.25) is 0 Å². The summed E-state index contributed by atoms with van der Waals surface area (Å²) in [6.07, 6.45) is -4.42. The Morgan fingerprint density at radius 2 is 1.16 bits per heavy atom. The van der Waals surface area contributed by atoms with E-state index in [4.69, 9.17) is 9.47 Å². The van der Waals surface area contributed by atoms with Crippen molar-refractivity contribution in [1.29, 1.82) is 0 Å². The first-order chi connectivity index (χ1) is 11.9. The predicted octanol–water partition coefficient (Wildman–Crippen LogP) is 6.00. The van der Waals surface area contributed by atoms with E-state index in [1.165, 1.54) is 24.3 Å². The molecule has 3 aromatic carbocycles. The van der Waals surface area contributed by atoms with Crippen LogP contribution in [-0.2, 0) is 6.18 Å². The molecule has 6 heteroatoms. The quantitative estimate of drug-likeness (QED) is 0.630. The molecule has 3 rings (SSSR count). The van der Waals surface area contributed by atoms with Gasteiger partial charge in [-0.3, -0.25) is 0 Å². The average Bonchev–Trinajstić information content (AvgIpc) is 2.56. The largest absolute Gasteiger partial charge is 0.508 e. The molecule has 0 aromatic heterocycles. The molecule has 0 spiro atoms. The maximum absolute atomic E-state index is 12.7. The molecule has 3 aromatic rings. The predicted molar refractivity (Wildman–Crippen MR) is 86.1 cm³/mol. The first-order valence-corrected chi connectivity index (χ1v) is 7.32. The van der Waals surface area contributed by atoms with Crippen LogP contribution in [0.1, 0.15) is 5.56 Å². The minimum atomic E-state index is -4.42. The molecule has 0 fully saturated rings. The van der Waals surface area contributed by atoms with E-state index in [1.54, 1.807) is 36.4 Å². The maximum Gasteiger partial charge on any atom is 0.416 e. The molecule has 0 aliphatic carbocycles. The van der Waals surface area contributed by atoms with Crippen LogP contribution in [0.5, 0.6) is 28.7 Å². The maximum atomic E-state index is 12.7. The Kier molecular flexibility index (Phi) is 4.52. The van der Waals surface area contributed by atoms with E-state index < -0.39 is 11.7 Å². The number of alkyl halides is 3. The van der Waals surface area contributed by atoms with Crippen LogP contribution >= 0.6 is 0 Å². The molecule has 0 heterocycles. The molecule has 0 radical (unpaired) electrons. The highest BCUT2D eigenvalue weighted by atomic mass is 19.4. The Morgan fingerprint density at radius 1 is 0.640 bits per heavy atom. The number of halogens is 3. The van der Waals surface area contributed by atoms with E-state index in [0.717, 1.165) is 12.1 Å². The van der Waals surface area contributed by atoms with Gasteiger partial charge in [0.1, 0.15) is 28.7 Å². The highest BCUT2D eigenvalue weighted by Gasteiger charge is 2.30. The molecule has 0 unspecified atom stereocenters. The van der Waals surface area contributed by atoms with E-state index in [0.29, 0.717) is 17.2 Å². The third-order valence-corrected chi connectivity index (χ3v) is 3.27. The second kappa shape index (κ2) is 6.76. The molecule has 0 aliphatic heterocycles. The lowest BCUT2D eigenvalue weighted by Crippen LogP contribution is -2.04. The molecular formula is C19H13F3O3. The van der Waals surface area contributed by atoms with Crippen molar-refractivity contribution < 1.29 is 27.8 Å². The Labute approximate surface area is 141 Å². The van der Waals surface area contributed by atoms with Crippen molar-refractivity contribution in [1.82, 2.24) is 0 Å². The smallest absolute Gasteiger partial charge is 0.416 e. The van der Waals surface area contributed by atoms with E-state index in [9.17, 15) is 18.3 Å². The number of aromatic hydroxyl groups is 1. The summed E-state index contributed by atoms with van der Waals surface area (Å²) in [6.45, 7) is 0. The molecule has 0 saturated carbocycles. The normalized spacial score (nSPS) is 11.2. The zero-order valence-electron chi connectivity index (χ0n) is 12.8. The number of ether oxygens (including phenoxy) is 2. The summed E-state index contributed by atoms with van der Waals surface area (Å²) in [6, 6.07) is 17.4. The van der Waals surface area contributed by atoms with Gasteiger partial charge in [0.2, 0.25) is 0 Å². The molecular weight excluding hydrogens is 333 g/mol. The lowest BCUT2D eigenvalue weighted by molar-refractivity contribution is -0.137. The van der Waals surface area contributed by atoms with Gasteiger partial charge in [-0.15, -0.1) is 0 Å². The van der Waals surface area contributed by atoms with Gasteiger partial charge in [0.25, 0.3) is 0 Å². The van der Waals surface area contributed by atoms with Gasteiger partial charge in [-0.2, -0.15) is 13.2 Å². The summed E-state index contributed by atoms with van der Waals surface area (Å²) in [5.41, 5.74) is -0.770. The summed E-state index contributed by atoms with van der Waals surface area (Å²) < 4.78 is 49.1. The summed E-state index contributed by atoms with van der Waals surface area (Å²) in [7, 11) is 0. The van der Waals surface area contributed by atoms with Gasteiger partial charge >= 0.3 is 6.18 Å². The van der Waals surface area contributed by atoms with Crippen molar-refractivity contribution >= 4 is 0 Å². The third kappa shape index (κ3) is 4.44. The number of phenols is 1. The zero-order valence-corrected chi connectivity index (χ0v) is 12.8. The molecule has 1 N–H and O–H groups in total. The molecule has 0 atom stereocenters. The highest BCUT2D eigenvalue weighted by Crippen LogP contribution is 2.33. The Morgan fingerprint density at radius 3 is 1.68 bits per heavy atom. The fourth-order valence-electron chi connectivity index (χ4n) is 2.13. The number of phenolic OH excluding ortho intramolecular Hbond substituents is 1. The van der Waals surface area contributed by atoms with E-state index in [2.05, 4.69) is 0 Å². The van der Waals surface area contributed by atoms with Crippen molar-refractivity contribution in [2.24, 2.45) is 0 Å². The molecule has 0 saturated heterocycles. The van der Waals surface area contributed by atoms with Crippen LogP contribution < -0.4 is 9.47 Å². The topological polar surface area (TPSA) is 38.7 Å². The fraction of sp³-hybridized carbons (Fsp3) is 0.0526. The molecule has 128 valence electrons. The zero-order chi connectivity index (χ0) is 17.9. The van der Waals surface area contributed by atoms with E-state index in [-0.39, 0.29) is 11.5 Å². The Balaban J connectivity index is 1.71. The summed E-state index contributed by atoms with van der Waals surface area (Å²) in [5, 5.41) is 9.40. The summed E-state index contributed by atoms with van der Waals surface area (Å²) in [5.74, 6) is 1.52. The first-order valence-electron chi connectivity index (χ1n) is 7.32. The molecule has 3 nitrogen and oxygen atoms in total. The lowest BCUT2D eigenvalue weighted by atomic mass is 10.2. The SMILES string of the molecule is Oc1cccc(Oc2ccc(Oc3cccc(C(F)(F)F)c3)cc2)c1. The molecule has 0 bridgehead atoms. The lowest BCUT2D eigenvalue weighted by Gasteiger charge is -2.11. The second-order valence-corrected chi connectivity index (χ2v) is 5.20. The molecule has 0 amide bonds. The van der Waals surface area contributed by atoms with Crippen LogP contribution in [0.3, 0.4) is 0 Å². The number of hydrogen-bond acceptors (Lipinski definition) is 3. The minimum absolute atomic E-state index is 0.0852. The van der Waals surface area contributed by atoms with Crippen molar-refractivity contribution in [3.8, 4) is 28.7 Å². The Bertz CT molecular complexity index is 858. The van der Waals surface area contributed by atoms with Crippen LogP contribution in [0.25, 0.3) is 0 Å². The van der Waals surface area contributed by atoms with Gasteiger partial charge in [0.15, 0.2) is 0 Å². The van der Waals surface area contributed by atoms with Crippen molar-refractivity contribution in [3.63, 3.8) is 0 Å². The number of hydrogen-bond donors (Lipinski definition) is 1.